The van der Waals surface area contributed by atoms with Crippen molar-refractivity contribution in [2.75, 3.05) is 0 Å². The second kappa shape index (κ2) is 3.44. The summed E-state index contributed by atoms with van der Waals surface area (Å²) in [6, 6.07) is 1.66. The first-order valence-electron chi connectivity index (χ1n) is 4.94. The van der Waals surface area contributed by atoms with Crippen LogP contribution in [0.1, 0.15) is 21.6 Å². The van der Waals surface area contributed by atoms with Gasteiger partial charge in [0.25, 0.3) is 5.91 Å². The van der Waals surface area contributed by atoms with E-state index in [-0.39, 0.29) is 5.91 Å². The summed E-state index contributed by atoms with van der Waals surface area (Å²) in [5, 5.41) is 0. The molecule has 0 N–H and O–H groups in total. The van der Waals surface area contributed by atoms with Crippen LogP contribution in [0.25, 0.3) is 0 Å². The SMILES string of the molecule is O=C(c1ccoc1)N1Cc2cncnc2C1. The molecule has 3 heterocycles. The number of fused-ring (bicyclic) bond motifs is 1. The van der Waals surface area contributed by atoms with Crippen molar-refractivity contribution in [1.82, 2.24) is 14.9 Å². The molecule has 0 saturated heterocycles. The molecule has 0 spiro atoms. The van der Waals surface area contributed by atoms with Crippen molar-refractivity contribution in [2.24, 2.45) is 0 Å². The predicted octanol–water partition coefficient (Wildman–Crippen LogP) is 1.23. The van der Waals surface area contributed by atoms with Crippen LogP contribution < -0.4 is 0 Å². The van der Waals surface area contributed by atoms with Crippen LogP contribution in [0.5, 0.6) is 0 Å². The lowest BCUT2D eigenvalue weighted by Gasteiger charge is -2.13. The van der Waals surface area contributed by atoms with E-state index in [2.05, 4.69) is 9.97 Å². The number of hydrogen-bond donors (Lipinski definition) is 0. The van der Waals surface area contributed by atoms with Gasteiger partial charge in [-0.15, -0.1) is 0 Å². The van der Waals surface area contributed by atoms with E-state index in [1.165, 1.54) is 18.9 Å². The zero-order valence-electron chi connectivity index (χ0n) is 8.46. The van der Waals surface area contributed by atoms with Gasteiger partial charge in [0.15, 0.2) is 0 Å². The highest BCUT2D eigenvalue weighted by Gasteiger charge is 2.25. The van der Waals surface area contributed by atoms with Gasteiger partial charge in [-0.2, -0.15) is 0 Å². The monoisotopic (exact) mass is 215 g/mol. The number of carbonyl (C=O) groups is 1. The molecule has 5 heteroatoms. The molecule has 0 saturated carbocycles. The standard InChI is InChI=1S/C11H9N3O2/c15-11(8-1-2-16-6-8)14-4-9-3-12-7-13-10(9)5-14/h1-3,6-7H,4-5H2. The molecule has 80 valence electrons. The Morgan fingerprint density at radius 3 is 3.12 bits per heavy atom. The van der Waals surface area contributed by atoms with Crippen LogP contribution >= 0.6 is 0 Å². The number of amides is 1. The molecule has 0 atom stereocenters. The number of furan rings is 1. The number of rotatable bonds is 1. The minimum Gasteiger partial charge on any atom is -0.472 e. The fraction of sp³-hybridized carbons (Fsp3) is 0.182. The van der Waals surface area contributed by atoms with Gasteiger partial charge in [-0.25, -0.2) is 9.97 Å². The van der Waals surface area contributed by atoms with Gasteiger partial charge in [0.05, 0.1) is 24.1 Å². The first-order valence-corrected chi connectivity index (χ1v) is 4.94. The summed E-state index contributed by atoms with van der Waals surface area (Å²) < 4.78 is 4.90. The number of aromatic nitrogens is 2. The average molecular weight is 215 g/mol. The molecule has 2 aromatic rings. The molecule has 1 aliphatic rings. The van der Waals surface area contributed by atoms with E-state index in [0.717, 1.165) is 11.3 Å². The van der Waals surface area contributed by atoms with Gasteiger partial charge in [0.2, 0.25) is 0 Å². The second-order valence-electron chi connectivity index (χ2n) is 3.67. The van der Waals surface area contributed by atoms with Gasteiger partial charge in [0, 0.05) is 18.3 Å². The lowest BCUT2D eigenvalue weighted by atomic mass is 10.3. The van der Waals surface area contributed by atoms with Crippen LogP contribution in [-0.2, 0) is 13.1 Å². The third-order valence-corrected chi connectivity index (χ3v) is 2.64. The zero-order chi connectivity index (χ0) is 11.0. The first kappa shape index (κ1) is 9.08. The maximum Gasteiger partial charge on any atom is 0.257 e. The van der Waals surface area contributed by atoms with Crippen LogP contribution in [-0.4, -0.2) is 20.8 Å². The van der Waals surface area contributed by atoms with Gasteiger partial charge in [-0.3, -0.25) is 4.79 Å². The van der Waals surface area contributed by atoms with E-state index >= 15 is 0 Å². The molecule has 1 amide bonds. The van der Waals surface area contributed by atoms with E-state index in [1.807, 2.05) is 0 Å². The molecule has 2 aromatic heterocycles. The Balaban J connectivity index is 1.84. The molecule has 0 fully saturated rings. The number of nitrogens with zero attached hydrogens (tertiary/aromatic N) is 3. The molecule has 0 unspecified atom stereocenters. The third kappa shape index (κ3) is 1.37. The lowest BCUT2D eigenvalue weighted by molar-refractivity contribution is 0.0749. The Bertz CT molecular complexity index is 497. The van der Waals surface area contributed by atoms with Crippen molar-refractivity contribution in [3.05, 3.63) is 47.9 Å². The van der Waals surface area contributed by atoms with Gasteiger partial charge < -0.3 is 9.32 Å². The highest BCUT2D eigenvalue weighted by Crippen LogP contribution is 2.21. The summed E-state index contributed by atoms with van der Waals surface area (Å²) in [6.45, 7) is 1.11. The Morgan fingerprint density at radius 1 is 1.44 bits per heavy atom. The summed E-state index contributed by atoms with van der Waals surface area (Å²) in [7, 11) is 0. The van der Waals surface area contributed by atoms with Crippen LogP contribution in [0.3, 0.4) is 0 Å². The number of hydrogen-bond acceptors (Lipinski definition) is 4. The first-order chi connectivity index (χ1) is 7.84. The topological polar surface area (TPSA) is 59.2 Å². The maximum absolute atomic E-state index is 12.0. The van der Waals surface area contributed by atoms with Gasteiger partial charge in [0.1, 0.15) is 12.6 Å². The van der Waals surface area contributed by atoms with E-state index in [4.69, 9.17) is 4.42 Å². The second-order valence-corrected chi connectivity index (χ2v) is 3.67. The van der Waals surface area contributed by atoms with Gasteiger partial charge in [-0.1, -0.05) is 0 Å². The lowest BCUT2D eigenvalue weighted by Crippen LogP contribution is -2.24. The highest BCUT2D eigenvalue weighted by atomic mass is 16.3. The third-order valence-electron chi connectivity index (χ3n) is 2.64. The summed E-state index contributed by atoms with van der Waals surface area (Å²) in [5.41, 5.74) is 2.51. The summed E-state index contributed by atoms with van der Waals surface area (Å²) in [4.78, 5) is 21.8. The summed E-state index contributed by atoms with van der Waals surface area (Å²) in [6.07, 6.45) is 6.21. The quantitative estimate of drug-likeness (QED) is 0.717. The Hall–Kier alpha value is -2.17. The van der Waals surface area contributed by atoms with Crippen molar-refractivity contribution in [1.29, 1.82) is 0 Å². The maximum atomic E-state index is 12.0. The van der Waals surface area contributed by atoms with E-state index in [1.54, 1.807) is 17.2 Å². The summed E-state index contributed by atoms with van der Waals surface area (Å²) >= 11 is 0. The molecule has 0 radical (unpaired) electrons. The fourth-order valence-electron chi connectivity index (χ4n) is 1.81. The van der Waals surface area contributed by atoms with Crippen molar-refractivity contribution in [3.8, 4) is 0 Å². The van der Waals surface area contributed by atoms with E-state index < -0.39 is 0 Å². The van der Waals surface area contributed by atoms with E-state index in [9.17, 15) is 4.79 Å². The molecule has 1 aliphatic heterocycles. The Labute approximate surface area is 91.7 Å². The van der Waals surface area contributed by atoms with Crippen LogP contribution in [0.15, 0.2) is 35.5 Å². The minimum absolute atomic E-state index is 0.0354. The van der Waals surface area contributed by atoms with Gasteiger partial charge >= 0.3 is 0 Å². The van der Waals surface area contributed by atoms with Crippen LogP contribution in [0, 0.1) is 0 Å². The molecule has 16 heavy (non-hydrogen) atoms. The van der Waals surface area contributed by atoms with E-state index in [0.29, 0.717) is 18.7 Å². The average Bonchev–Trinajstić information content (AvgIpc) is 2.97. The largest absolute Gasteiger partial charge is 0.472 e. The Morgan fingerprint density at radius 2 is 2.38 bits per heavy atom. The summed E-state index contributed by atoms with van der Waals surface area (Å²) in [5.74, 6) is -0.0354. The zero-order valence-corrected chi connectivity index (χ0v) is 8.46. The van der Waals surface area contributed by atoms with Crippen molar-refractivity contribution in [2.45, 2.75) is 13.1 Å². The van der Waals surface area contributed by atoms with Crippen molar-refractivity contribution < 1.29 is 9.21 Å². The predicted molar refractivity (Wildman–Crippen MR) is 54.3 cm³/mol. The molecule has 0 aliphatic carbocycles. The molecular weight excluding hydrogens is 206 g/mol. The smallest absolute Gasteiger partial charge is 0.257 e. The molecular formula is C11H9N3O2. The fourth-order valence-corrected chi connectivity index (χ4v) is 1.81. The Kier molecular flexibility index (Phi) is 1.96. The van der Waals surface area contributed by atoms with Crippen molar-refractivity contribution >= 4 is 5.91 Å². The van der Waals surface area contributed by atoms with Crippen molar-refractivity contribution in [3.63, 3.8) is 0 Å². The van der Waals surface area contributed by atoms with Crippen LogP contribution in [0.4, 0.5) is 0 Å². The molecule has 5 nitrogen and oxygen atoms in total. The normalized spacial score (nSPS) is 13.9. The number of carbonyl (C=O) groups excluding carboxylic acids is 1. The van der Waals surface area contributed by atoms with Crippen LogP contribution in [0.2, 0.25) is 0 Å². The van der Waals surface area contributed by atoms with Gasteiger partial charge in [-0.05, 0) is 6.07 Å². The molecule has 3 rings (SSSR count). The highest BCUT2D eigenvalue weighted by molar-refractivity contribution is 5.94. The molecule has 0 bridgehead atoms. The minimum atomic E-state index is -0.0354. The molecule has 0 aromatic carbocycles.